The van der Waals surface area contributed by atoms with E-state index in [0.717, 1.165) is 5.56 Å². The highest BCUT2D eigenvalue weighted by atomic mass is 35.5. The number of esters is 1. The predicted molar refractivity (Wildman–Crippen MR) is 129 cm³/mol. The van der Waals surface area contributed by atoms with Gasteiger partial charge in [0.25, 0.3) is 11.8 Å². The monoisotopic (exact) mass is 479 g/mol. The molecule has 174 valence electrons. The molecule has 9 heteroatoms. The summed E-state index contributed by atoms with van der Waals surface area (Å²) >= 11 is 6.04. The fourth-order valence-electron chi connectivity index (χ4n) is 2.93. The molecule has 0 aliphatic heterocycles. The SMILES string of the molecule is COc1cc(C=NNC(=O)CNC(=O)c2ccccc2C)ccc1OC(=O)c1ccccc1Cl. The molecular weight excluding hydrogens is 458 g/mol. The summed E-state index contributed by atoms with van der Waals surface area (Å²) in [6, 6.07) is 18.4. The summed E-state index contributed by atoms with van der Waals surface area (Å²) in [6.07, 6.45) is 1.39. The van der Waals surface area contributed by atoms with Gasteiger partial charge in [0, 0.05) is 5.56 Å². The van der Waals surface area contributed by atoms with Crippen LogP contribution < -0.4 is 20.2 Å². The molecule has 0 aliphatic carbocycles. The Hall–Kier alpha value is -4.17. The van der Waals surface area contributed by atoms with Crippen LogP contribution in [0.5, 0.6) is 11.5 Å². The first-order chi connectivity index (χ1) is 16.4. The molecule has 3 rings (SSSR count). The fraction of sp³-hybridized carbons (Fsp3) is 0.120. The highest BCUT2D eigenvalue weighted by Gasteiger charge is 2.15. The number of ether oxygens (including phenoxy) is 2. The first-order valence-electron chi connectivity index (χ1n) is 10.2. The molecule has 8 nitrogen and oxygen atoms in total. The zero-order chi connectivity index (χ0) is 24.5. The molecule has 0 saturated heterocycles. The van der Waals surface area contributed by atoms with Gasteiger partial charge in [0.1, 0.15) is 0 Å². The molecule has 0 atom stereocenters. The van der Waals surface area contributed by atoms with Crippen LogP contribution in [0.1, 0.15) is 31.8 Å². The quantitative estimate of drug-likeness (QED) is 0.221. The number of benzene rings is 3. The molecular formula is C25H22ClN3O5. The highest BCUT2D eigenvalue weighted by molar-refractivity contribution is 6.33. The van der Waals surface area contributed by atoms with Gasteiger partial charge in [-0.1, -0.05) is 41.9 Å². The number of rotatable bonds is 8. The van der Waals surface area contributed by atoms with Crippen molar-refractivity contribution in [1.29, 1.82) is 0 Å². The fourth-order valence-corrected chi connectivity index (χ4v) is 3.15. The van der Waals surface area contributed by atoms with Crippen LogP contribution in [-0.2, 0) is 4.79 Å². The van der Waals surface area contributed by atoms with E-state index in [0.29, 0.717) is 16.9 Å². The van der Waals surface area contributed by atoms with Crippen molar-refractivity contribution in [2.75, 3.05) is 13.7 Å². The van der Waals surface area contributed by atoms with Crippen LogP contribution in [0, 0.1) is 6.92 Å². The summed E-state index contributed by atoms with van der Waals surface area (Å²) in [5, 5.41) is 6.70. The predicted octanol–water partition coefficient (Wildman–Crippen LogP) is 3.76. The van der Waals surface area contributed by atoms with Gasteiger partial charge in [0.05, 0.1) is 30.5 Å². The van der Waals surface area contributed by atoms with Crippen LogP contribution in [0.3, 0.4) is 0 Å². The number of nitrogens with one attached hydrogen (secondary N) is 2. The number of halogens is 1. The van der Waals surface area contributed by atoms with Crippen molar-refractivity contribution in [3.8, 4) is 11.5 Å². The average Bonchev–Trinajstić information content (AvgIpc) is 2.83. The summed E-state index contributed by atoms with van der Waals surface area (Å²) < 4.78 is 10.7. The Kier molecular flexibility index (Phi) is 8.37. The van der Waals surface area contributed by atoms with E-state index < -0.39 is 11.9 Å². The first-order valence-corrected chi connectivity index (χ1v) is 10.6. The lowest BCUT2D eigenvalue weighted by Gasteiger charge is -2.10. The van der Waals surface area contributed by atoms with Gasteiger partial charge >= 0.3 is 5.97 Å². The van der Waals surface area contributed by atoms with Gasteiger partial charge in [0.2, 0.25) is 0 Å². The molecule has 0 fully saturated rings. The molecule has 0 heterocycles. The van der Waals surface area contributed by atoms with Crippen molar-refractivity contribution >= 4 is 35.6 Å². The number of aryl methyl sites for hydroxylation is 1. The van der Waals surface area contributed by atoms with E-state index in [1.54, 1.807) is 54.6 Å². The van der Waals surface area contributed by atoms with E-state index in [-0.39, 0.29) is 28.8 Å². The summed E-state index contributed by atoms with van der Waals surface area (Å²) in [5.74, 6) is -0.960. The summed E-state index contributed by atoms with van der Waals surface area (Å²) in [5.41, 5.74) is 4.47. The minimum atomic E-state index is -0.620. The second-order valence-corrected chi connectivity index (χ2v) is 7.48. The van der Waals surface area contributed by atoms with E-state index in [1.807, 2.05) is 19.1 Å². The summed E-state index contributed by atoms with van der Waals surface area (Å²) in [7, 11) is 1.43. The van der Waals surface area contributed by atoms with Gasteiger partial charge < -0.3 is 14.8 Å². The number of methoxy groups -OCH3 is 1. The lowest BCUT2D eigenvalue weighted by molar-refractivity contribution is -0.120. The van der Waals surface area contributed by atoms with Crippen LogP contribution in [0.2, 0.25) is 5.02 Å². The Morgan fingerprint density at radius 3 is 2.38 bits per heavy atom. The van der Waals surface area contributed by atoms with Crippen LogP contribution in [0.4, 0.5) is 0 Å². The van der Waals surface area contributed by atoms with E-state index in [1.165, 1.54) is 13.3 Å². The highest BCUT2D eigenvalue weighted by Crippen LogP contribution is 2.29. The van der Waals surface area contributed by atoms with Gasteiger partial charge in [-0.2, -0.15) is 5.10 Å². The maximum absolute atomic E-state index is 12.4. The van der Waals surface area contributed by atoms with Crippen LogP contribution in [0.15, 0.2) is 71.8 Å². The van der Waals surface area contributed by atoms with Gasteiger partial charge in [0.15, 0.2) is 11.5 Å². The molecule has 0 unspecified atom stereocenters. The number of carbonyl (C=O) groups is 3. The molecule has 3 aromatic carbocycles. The molecule has 0 bridgehead atoms. The molecule has 0 spiro atoms. The largest absolute Gasteiger partial charge is 0.493 e. The number of carbonyl (C=O) groups excluding carboxylic acids is 3. The minimum absolute atomic E-state index is 0.201. The van der Waals surface area contributed by atoms with E-state index in [2.05, 4.69) is 15.8 Å². The lowest BCUT2D eigenvalue weighted by atomic mass is 10.1. The number of hydrogen-bond acceptors (Lipinski definition) is 6. The van der Waals surface area contributed by atoms with Crippen molar-refractivity contribution in [3.05, 3.63) is 94.0 Å². The Balaban J connectivity index is 1.56. The molecule has 0 aromatic heterocycles. The van der Waals surface area contributed by atoms with Gasteiger partial charge in [-0.25, -0.2) is 10.2 Å². The smallest absolute Gasteiger partial charge is 0.345 e. The summed E-state index contributed by atoms with van der Waals surface area (Å²) in [4.78, 5) is 36.5. The van der Waals surface area contributed by atoms with Gasteiger partial charge in [-0.3, -0.25) is 9.59 Å². The molecule has 0 aliphatic rings. The number of hydrogen-bond donors (Lipinski definition) is 2. The second-order valence-electron chi connectivity index (χ2n) is 7.07. The molecule has 3 aromatic rings. The van der Waals surface area contributed by atoms with Crippen molar-refractivity contribution < 1.29 is 23.9 Å². The zero-order valence-electron chi connectivity index (χ0n) is 18.5. The van der Waals surface area contributed by atoms with E-state index in [9.17, 15) is 14.4 Å². The standard InChI is InChI=1S/C25H22ClN3O5/c1-16-7-3-4-8-18(16)24(31)27-15-23(30)29-28-14-17-11-12-21(22(13-17)33-2)34-25(32)19-9-5-6-10-20(19)26/h3-14H,15H2,1-2H3,(H,27,31)(H,29,30). The normalized spacial score (nSPS) is 10.6. The number of nitrogens with zero attached hydrogens (tertiary/aromatic N) is 1. The van der Waals surface area contributed by atoms with Gasteiger partial charge in [-0.15, -0.1) is 0 Å². The first kappa shape index (κ1) is 24.5. The Bertz CT molecular complexity index is 1240. The number of hydrazone groups is 1. The molecule has 0 saturated carbocycles. The van der Waals surface area contributed by atoms with Crippen molar-refractivity contribution in [3.63, 3.8) is 0 Å². The zero-order valence-corrected chi connectivity index (χ0v) is 19.3. The van der Waals surface area contributed by atoms with Gasteiger partial charge in [-0.05, 0) is 54.4 Å². The van der Waals surface area contributed by atoms with Crippen molar-refractivity contribution in [2.45, 2.75) is 6.92 Å². The third kappa shape index (κ3) is 6.43. The van der Waals surface area contributed by atoms with Crippen LogP contribution >= 0.6 is 11.6 Å². The molecule has 2 amide bonds. The molecule has 2 N–H and O–H groups in total. The van der Waals surface area contributed by atoms with Crippen LogP contribution in [-0.4, -0.2) is 37.7 Å². The maximum atomic E-state index is 12.4. The Labute approximate surface area is 201 Å². The minimum Gasteiger partial charge on any atom is -0.493 e. The van der Waals surface area contributed by atoms with Crippen molar-refractivity contribution in [1.82, 2.24) is 10.7 Å². The third-order valence-electron chi connectivity index (χ3n) is 4.69. The molecule has 0 radical (unpaired) electrons. The summed E-state index contributed by atoms with van der Waals surface area (Å²) in [6.45, 7) is 1.58. The number of amides is 2. The third-order valence-corrected chi connectivity index (χ3v) is 5.02. The van der Waals surface area contributed by atoms with E-state index >= 15 is 0 Å². The van der Waals surface area contributed by atoms with Crippen molar-refractivity contribution in [2.24, 2.45) is 5.10 Å². The average molecular weight is 480 g/mol. The van der Waals surface area contributed by atoms with E-state index in [4.69, 9.17) is 21.1 Å². The Morgan fingerprint density at radius 2 is 1.68 bits per heavy atom. The maximum Gasteiger partial charge on any atom is 0.345 e. The second kappa shape index (κ2) is 11.6. The lowest BCUT2D eigenvalue weighted by Crippen LogP contribution is -2.35. The van der Waals surface area contributed by atoms with Crippen LogP contribution in [0.25, 0.3) is 0 Å². The topological polar surface area (TPSA) is 106 Å². The Morgan fingerprint density at radius 1 is 0.971 bits per heavy atom. The molecule has 34 heavy (non-hydrogen) atoms.